The molecule has 1 fully saturated rings. The van der Waals surface area contributed by atoms with Crippen LogP contribution < -0.4 is 15.4 Å². The van der Waals surface area contributed by atoms with E-state index in [4.69, 9.17) is 15.6 Å². The van der Waals surface area contributed by atoms with Crippen molar-refractivity contribution in [2.45, 2.75) is 20.0 Å². The second kappa shape index (κ2) is 6.71. The minimum Gasteiger partial charge on any atom is -0.475 e. The molecular formula is C13H23N5O2. The summed E-state index contributed by atoms with van der Waals surface area (Å²) in [6.45, 7) is 8.36. The Morgan fingerprint density at radius 2 is 2.00 bits per heavy atom. The lowest BCUT2D eigenvalue weighted by Crippen LogP contribution is -2.47. The molecule has 0 amide bonds. The van der Waals surface area contributed by atoms with Crippen LogP contribution in [-0.4, -0.2) is 65.4 Å². The number of aromatic nitrogens is 2. The number of rotatable bonds is 5. The summed E-state index contributed by atoms with van der Waals surface area (Å²) in [6.07, 6.45) is 0.0542. The van der Waals surface area contributed by atoms with E-state index in [0.29, 0.717) is 5.88 Å². The van der Waals surface area contributed by atoms with Gasteiger partial charge < -0.3 is 20.5 Å². The molecule has 0 radical (unpaired) electrons. The van der Waals surface area contributed by atoms with E-state index >= 15 is 0 Å². The number of anilines is 2. The zero-order valence-electron chi connectivity index (χ0n) is 12.1. The van der Waals surface area contributed by atoms with Crippen molar-refractivity contribution in [3.63, 3.8) is 0 Å². The van der Waals surface area contributed by atoms with Crippen molar-refractivity contribution < 1.29 is 9.84 Å². The van der Waals surface area contributed by atoms with Gasteiger partial charge in [0, 0.05) is 38.8 Å². The highest BCUT2D eigenvalue weighted by Crippen LogP contribution is 2.20. The van der Waals surface area contributed by atoms with Crippen molar-refractivity contribution in [1.29, 1.82) is 0 Å². The highest BCUT2D eigenvalue weighted by atomic mass is 16.5. The Bertz CT molecular complexity index is 433. The molecule has 0 spiro atoms. The predicted octanol–water partition coefficient (Wildman–Crippen LogP) is -0.0397. The Labute approximate surface area is 119 Å². The molecule has 2 rings (SSSR count). The lowest BCUT2D eigenvalue weighted by molar-refractivity contribution is 0.188. The zero-order chi connectivity index (χ0) is 14.5. The Morgan fingerprint density at radius 3 is 2.60 bits per heavy atom. The Hall–Kier alpha value is -1.60. The Balaban J connectivity index is 2.03. The molecule has 7 heteroatoms. The highest BCUT2D eigenvalue weighted by molar-refractivity contribution is 5.46. The molecule has 0 aliphatic carbocycles. The van der Waals surface area contributed by atoms with Crippen molar-refractivity contribution in [1.82, 2.24) is 14.9 Å². The summed E-state index contributed by atoms with van der Waals surface area (Å²) in [5.41, 5.74) is 5.74. The molecule has 20 heavy (non-hydrogen) atoms. The molecule has 7 nitrogen and oxygen atoms in total. The van der Waals surface area contributed by atoms with Gasteiger partial charge in [0.25, 0.3) is 0 Å². The van der Waals surface area contributed by atoms with Crippen LogP contribution in [0.1, 0.15) is 13.8 Å². The third-order valence-corrected chi connectivity index (χ3v) is 3.18. The molecule has 0 aromatic carbocycles. The largest absolute Gasteiger partial charge is 0.475 e. The van der Waals surface area contributed by atoms with Crippen molar-refractivity contribution in [2.24, 2.45) is 0 Å². The molecular weight excluding hydrogens is 258 g/mol. The lowest BCUT2D eigenvalue weighted by atomic mass is 10.3. The van der Waals surface area contributed by atoms with Gasteiger partial charge in [0.1, 0.15) is 5.82 Å². The molecule has 0 saturated carbocycles. The average Bonchev–Trinajstić information content (AvgIpc) is 2.38. The number of aliphatic hydroxyl groups is 1. The topological polar surface area (TPSA) is 87.7 Å². The third kappa shape index (κ3) is 3.94. The van der Waals surface area contributed by atoms with E-state index in [0.717, 1.165) is 38.5 Å². The maximum absolute atomic E-state index is 8.95. The van der Waals surface area contributed by atoms with E-state index in [9.17, 15) is 0 Å². The van der Waals surface area contributed by atoms with Crippen LogP contribution in [-0.2, 0) is 0 Å². The van der Waals surface area contributed by atoms with Crippen LogP contribution in [0.5, 0.6) is 5.88 Å². The SMILES string of the molecule is CC(C)Oc1cc(N2CCN(CCO)CC2)nc(N)n1. The molecule has 1 aliphatic rings. The minimum atomic E-state index is 0.0542. The first-order valence-corrected chi connectivity index (χ1v) is 6.98. The van der Waals surface area contributed by atoms with E-state index in [2.05, 4.69) is 19.8 Å². The van der Waals surface area contributed by atoms with Crippen molar-refractivity contribution in [2.75, 3.05) is 50.0 Å². The first-order chi connectivity index (χ1) is 9.58. The summed E-state index contributed by atoms with van der Waals surface area (Å²) in [5, 5.41) is 8.95. The monoisotopic (exact) mass is 281 g/mol. The second-order valence-electron chi connectivity index (χ2n) is 5.14. The smallest absolute Gasteiger partial charge is 0.225 e. The fourth-order valence-electron chi connectivity index (χ4n) is 2.24. The summed E-state index contributed by atoms with van der Waals surface area (Å²) in [7, 11) is 0. The number of β-amino-alcohol motifs (C(OH)–C–C–N with tert-alkyl or cyclic N) is 1. The molecule has 3 N–H and O–H groups in total. The highest BCUT2D eigenvalue weighted by Gasteiger charge is 2.19. The molecule has 2 heterocycles. The van der Waals surface area contributed by atoms with Gasteiger partial charge >= 0.3 is 0 Å². The second-order valence-corrected chi connectivity index (χ2v) is 5.14. The molecule has 0 atom stereocenters. The molecule has 112 valence electrons. The fourth-order valence-corrected chi connectivity index (χ4v) is 2.24. The van der Waals surface area contributed by atoms with Crippen LogP contribution >= 0.6 is 0 Å². The van der Waals surface area contributed by atoms with Gasteiger partial charge in [-0.25, -0.2) is 0 Å². The molecule has 1 saturated heterocycles. The van der Waals surface area contributed by atoms with Gasteiger partial charge in [0.05, 0.1) is 12.7 Å². The maximum Gasteiger partial charge on any atom is 0.225 e. The van der Waals surface area contributed by atoms with Gasteiger partial charge in [-0.15, -0.1) is 0 Å². The van der Waals surface area contributed by atoms with Crippen LogP contribution in [0, 0.1) is 0 Å². The van der Waals surface area contributed by atoms with Crippen LogP contribution in [0.2, 0.25) is 0 Å². The van der Waals surface area contributed by atoms with Gasteiger partial charge in [-0.3, -0.25) is 4.90 Å². The molecule has 1 aromatic rings. The average molecular weight is 281 g/mol. The maximum atomic E-state index is 8.95. The Kier molecular flexibility index (Phi) is 4.97. The summed E-state index contributed by atoms with van der Waals surface area (Å²) < 4.78 is 5.58. The van der Waals surface area contributed by atoms with Gasteiger partial charge in [-0.05, 0) is 13.8 Å². The van der Waals surface area contributed by atoms with Gasteiger partial charge in [0.15, 0.2) is 0 Å². The number of hydrogen-bond acceptors (Lipinski definition) is 7. The third-order valence-electron chi connectivity index (χ3n) is 3.18. The van der Waals surface area contributed by atoms with Crippen molar-refractivity contribution in [3.05, 3.63) is 6.07 Å². The first-order valence-electron chi connectivity index (χ1n) is 6.98. The summed E-state index contributed by atoms with van der Waals surface area (Å²) in [6, 6.07) is 1.83. The number of nitrogens with two attached hydrogens (primary N) is 1. The van der Waals surface area contributed by atoms with E-state index in [1.165, 1.54) is 0 Å². The van der Waals surface area contributed by atoms with E-state index in [-0.39, 0.29) is 18.7 Å². The molecule has 1 aromatic heterocycles. The summed E-state index contributed by atoms with van der Waals surface area (Å²) in [5.74, 6) is 1.55. The quantitative estimate of drug-likeness (QED) is 0.783. The Morgan fingerprint density at radius 1 is 1.30 bits per heavy atom. The number of ether oxygens (including phenoxy) is 1. The summed E-state index contributed by atoms with van der Waals surface area (Å²) in [4.78, 5) is 12.8. The van der Waals surface area contributed by atoms with Crippen LogP contribution in [0.25, 0.3) is 0 Å². The minimum absolute atomic E-state index is 0.0542. The fraction of sp³-hybridized carbons (Fsp3) is 0.692. The number of nitrogens with zero attached hydrogens (tertiary/aromatic N) is 4. The lowest BCUT2D eigenvalue weighted by Gasteiger charge is -2.35. The van der Waals surface area contributed by atoms with Crippen molar-refractivity contribution in [3.8, 4) is 5.88 Å². The van der Waals surface area contributed by atoms with Crippen LogP contribution in [0.4, 0.5) is 11.8 Å². The van der Waals surface area contributed by atoms with Crippen molar-refractivity contribution >= 4 is 11.8 Å². The van der Waals surface area contributed by atoms with E-state index < -0.39 is 0 Å². The van der Waals surface area contributed by atoms with Gasteiger partial charge in [-0.1, -0.05) is 0 Å². The number of hydrogen-bond donors (Lipinski definition) is 2. The van der Waals surface area contributed by atoms with Gasteiger partial charge in [0.2, 0.25) is 11.8 Å². The number of piperazine rings is 1. The number of aliphatic hydroxyl groups excluding tert-OH is 1. The molecule has 0 bridgehead atoms. The first kappa shape index (κ1) is 14.8. The van der Waals surface area contributed by atoms with Gasteiger partial charge in [-0.2, -0.15) is 9.97 Å². The zero-order valence-corrected chi connectivity index (χ0v) is 12.1. The van der Waals surface area contributed by atoms with E-state index in [1.54, 1.807) is 0 Å². The predicted molar refractivity (Wildman–Crippen MR) is 77.9 cm³/mol. The van der Waals surface area contributed by atoms with Crippen LogP contribution in [0.3, 0.4) is 0 Å². The number of nitrogen functional groups attached to an aromatic ring is 1. The standard InChI is InChI=1S/C13H23N5O2/c1-10(2)20-12-9-11(15-13(14)16-12)18-5-3-17(4-6-18)7-8-19/h9-10,19H,3-8H2,1-2H3,(H2,14,15,16). The normalized spacial score (nSPS) is 16.7. The summed E-state index contributed by atoms with van der Waals surface area (Å²) >= 11 is 0. The van der Waals surface area contributed by atoms with Crippen LogP contribution in [0.15, 0.2) is 6.07 Å². The van der Waals surface area contributed by atoms with E-state index in [1.807, 2.05) is 19.9 Å². The molecule has 1 aliphatic heterocycles. The molecule has 0 unspecified atom stereocenters.